The van der Waals surface area contributed by atoms with E-state index >= 15 is 0 Å². The first-order chi connectivity index (χ1) is 10.6. The Bertz CT molecular complexity index is 594. The van der Waals surface area contributed by atoms with E-state index < -0.39 is 10.0 Å². The summed E-state index contributed by atoms with van der Waals surface area (Å²) in [5.41, 5.74) is 1.04. The lowest BCUT2D eigenvalue weighted by Crippen LogP contribution is -2.36. The fraction of sp³-hybridized carbons (Fsp3) is 0.625. The molecule has 0 radical (unpaired) electrons. The predicted molar refractivity (Wildman–Crippen MR) is 86.5 cm³/mol. The van der Waals surface area contributed by atoms with Crippen LogP contribution in [0.25, 0.3) is 0 Å². The second-order valence-electron chi connectivity index (χ2n) is 6.24. The number of rotatable bonds is 4. The maximum atomic E-state index is 12.5. The molecule has 2 fully saturated rings. The first-order valence-electron chi connectivity index (χ1n) is 8.07. The van der Waals surface area contributed by atoms with Gasteiger partial charge in [0.2, 0.25) is 10.0 Å². The van der Waals surface area contributed by atoms with Gasteiger partial charge in [-0.25, -0.2) is 8.42 Å². The zero-order valence-electron chi connectivity index (χ0n) is 12.8. The first kappa shape index (κ1) is 15.8. The van der Waals surface area contributed by atoms with Crippen molar-refractivity contribution in [3.8, 4) is 0 Å². The molecule has 0 saturated carbocycles. The zero-order chi connectivity index (χ0) is 15.6. The summed E-state index contributed by atoms with van der Waals surface area (Å²) in [7, 11) is -3.33. The Morgan fingerprint density at radius 3 is 2.36 bits per heavy atom. The van der Waals surface area contributed by atoms with Crippen LogP contribution in [0.15, 0.2) is 29.2 Å². The highest BCUT2D eigenvalue weighted by molar-refractivity contribution is 7.89. The summed E-state index contributed by atoms with van der Waals surface area (Å²) in [5, 5.41) is 9.32. The molecule has 1 aromatic carbocycles. The van der Waals surface area contributed by atoms with Gasteiger partial charge in [0.1, 0.15) is 0 Å². The minimum absolute atomic E-state index is 0.220. The molecule has 0 aliphatic carbocycles. The molecule has 0 bridgehead atoms. The van der Waals surface area contributed by atoms with Crippen molar-refractivity contribution < 1.29 is 13.5 Å². The summed E-state index contributed by atoms with van der Waals surface area (Å²) in [6, 6.07) is 7.21. The maximum absolute atomic E-state index is 12.5. The highest BCUT2D eigenvalue weighted by atomic mass is 32.2. The van der Waals surface area contributed by atoms with Crippen LogP contribution in [0.3, 0.4) is 0 Å². The Labute approximate surface area is 132 Å². The molecule has 0 spiro atoms. The van der Waals surface area contributed by atoms with E-state index in [0.29, 0.717) is 23.9 Å². The molecule has 3 rings (SSSR count). The van der Waals surface area contributed by atoms with Crippen LogP contribution < -0.4 is 4.90 Å². The van der Waals surface area contributed by atoms with Crippen LogP contribution in [0.5, 0.6) is 0 Å². The molecule has 1 atom stereocenters. The zero-order valence-corrected chi connectivity index (χ0v) is 13.6. The summed E-state index contributed by atoms with van der Waals surface area (Å²) in [4.78, 5) is 2.62. The molecule has 2 heterocycles. The number of nitrogens with zero attached hydrogens (tertiary/aromatic N) is 2. The number of benzene rings is 1. The second-order valence-corrected chi connectivity index (χ2v) is 8.18. The van der Waals surface area contributed by atoms with Crippen molar-refractivity contribution in [3.05, 3.63) is 24.3 Å². The lowest BCUT2D eigenvalue weighted by atomic mass is 9.98. The molecule has 0 aromatic heterocycles. The van der Waals surface area contributed by atoms with Gasteiger partial charge in [0, 0.05) is 38.5 Å². The average Bonchev–Trinajstić information content (AvgIpc) is 3.10. The van der Waals surface area contributed by atoms with Gasteiger partial charge in [0.25, 0.3) is 0 Å². The maximum Gasteiger partial charge on any atom is 0.243 e. The molecule has 22 heavy (non-hydrogen) atoms. The second kappa shape index (κ2) is 6.56. The van der Waals surface area contributed by atoms with Crippen LogP contribution >= 0.6 is 0 Å². The minimum Gasteiger partial charge on any atom is -0.396 e. The van der Waals surface area contributed by atoms with Crippen LogP contribution in [-0.4, -0.2) is 50.6 Å². The van der Waals surface area contributed by atoms with E-state index in [1.165, 1.54) is 0 Å². The normalized spacial score (nSPS) is 23.9. The van der Waals surface area contributed by atoms with Crippen molar-refractivity contribution in [1.82, 2.24) is 4.31 Å². The Morgan fingerprint density at radius 1 is 1.05 bits per heavy atom. The van der Waals surface area contributed by atoms with Crippen LogP contribution in [0.1, 0.15) is 25.7 Å². The van der Waals surface area contributed by atoms with Gasteiger partial charge >= 0.3 is 0 Å². The topological polar surface area (TPSA) is 60.9 Å². The molecule has 1 unspecified atom stereocenters. The molecule has 2 aliphatic heterocycles. The van der Waals surface area contributed by atoms with E-state index in [2.05, 4.69) is 4.90 Å². The molecule has 0 amide bonds. The lowest BCUT2D eigenvalue weighted by Gasteiger charge is -2.33. The molecule has 1 N–H and O–H groups in total. The van der Waals surface area contributed by atoms with E-state index in [1.807, 2.05) is 12.1 Å². The van der Waals surface area contributed by atoms with Gasteiger partial charge in [0.15, 0.2) is 0 Å². The molecular formula is C16H24N2O3S. The number of aliphatic hydroxyl groups excluding tert-OH is 1. The van der Waals surface area contributed by atoms with Crippen molar-refractivity contribution in [2.75, 3.05) is 37.7 Å². The summed E-state index contributed by atoms with van der Waals surface area (Å²) >= 11 is 0. The molecular weight excluding hydrogens is 300 g/mol. The van der Waals surface area contributed by atoms with E-state index in [9.17, 15) is 13.5 Å². The van der Waals surface area contributed by atoms with Crippen molar-refractivity contribution in [3.63, 3.8) is 0 Å². The van der Waals surface area contributed by atoms with Gasteiger partial charge in [-0.05, 0) is 55.9 Å². The number of piperidine rings is 1. The molecule has 1 aromatic rings. The number of hydrogen-bond acceptors (Lipinski definition) is 4. The van der Waals surface area contributed by atoms with Crippen molar-refractivity contribution in [2.45, 2.75) is 30.6 Å². The largest absolute Gasteiger partial charge is 0.396 e. The van der Waals surface area contributed by atoms with Crippen molar-refractivity contribution in [2.24, 2.45) is 5.92 Å². The number of aliphatic hydroxyl groups is 1. The summed E-state index contributed by atoms with van der Waals surface area (Å²) in [6.45, 7) is 3.30. The predicted octanol–water partition coefficient (Wildman–Crippen LogP) is 1.68. The standard InChI is InChI=1S/C16H24N2O3S/c19-13-14-4-3-9-17(12-14)15-5-7-16(8-6-15)22(20,21)18-10-1-2-11-18/h5-8,14,19H,1-4,9-13H2. The van der Waals surface area contributed by atoms with Crippen LogP contribution in [0.4, 0.5) is 5.69 Å². The fourth-order valence-corrected chi connectivity index (χ4v) is 4.87. The molecule has 5 nitrogen and oxygen atoms in total. The third-order valence-electron chi connectivity index (χ3n) is 4.68. The van der Waals surface area contributed by atoms with Crippen molar-refractivity contribution in [1.29, 1.82) is 0 Å². The SMILES string of the molecule is O=S(=O)(c1ccc(N2CCCC(CO)C2)cc1)N1CCCC1. The van der Waals surface area contributed by atoms with Crippen LogP contribution in [0.2, 0.25) is 0 Å². The van der Waals surface area contributed by atoms with Gasteiger partial charge in [-0.3, -0.25) is 0 Å². The van der Waals surface area contributed by atoms with E-state index in [0.717, 1.165) is 44.5 Å². The lowest BCUT2D eigenvalue weighted by molar-refractivity contribution is 0.209. The van der Waals surface area contributed by atoms with Crippen LogP contribution in [-0.2, 0) is 10.0 Å². The van der Waals surface area contributed by atoms with Gasteiger partial charge in [0.05, 0.1) is 4.90 Å². The first-order valence-corrected chi connectivity index (χ1v) is 9.51. The highest BCUT2D eigenvalue weighted by Crippen LogP contribution is 2.26. The molecule has 2 aliphatic rings. The summed E-state index contributed by atoms with van der Waals surface area (Å²) in [6.07, 6.45) is 4.04. The quantitative estimate of drug-likeness (QED) is 0.915. The van der Waals surface area contributed by atoms with Gasteiger partial charge in [-0.1, -0.05) is 0 Å². The summed E-state index contributed by atoms with van der Waals surface area (Å²) < 4.78 is 26.6. The molecule has 6 heteroatoms. The average molecular weight is 324 g/mol. The van der Waals surface area contributed by atoms with Gasteiger partial charge < -0.3 is 10.0 Å². The number of hydrogen-bond donors (Lipinski definition) is 1. The number of anilines is 1. The van der Waals surface area contributed by atoms with Crippen molar-refractivity contribution >= 4 is 15.7 Å². The monoisotopic (exact) mass is 324 g/mol. The summed E-state index contributed by atoms with van der Waals surface area (Å²) in [5.74, 6) is 0.321. The minimum atomic E-state index is -3.33. The van der Waals surface area contributed by atoms with Gasteiger partial charge in [-0.15, -0.1) is 0 Å². The number of sulfonamides is 1. The van der Waals surface area contributed by atoms with E-state index in [4.69, 9.17) is 0 Å². The van der Waals surface area contributed by atoms with Gasteiger partial charge in [-0.2, -0.15) is 4.31 Å². The Balaban J connectivity index is 1.75. The third kappa shape index (κ3) is 3.14. The Kier molecular flexibility index (Phi) is 4.70. The molecule has 122 valence electrons. The molecule has 2 saturated heterocycles. The van der Waals surface area contributed by atoms with E-state index in [-0.39, 0.29) is 6.61 Å². The smallest absolute Gasteiger partial charge is 0.243 e. The Hall–Kier alpha value is -1.11. The van der Waals surface area contributed by atoms with E-state index in [1.54, 1.807) is 16.4 Å². The van der Waals surface area contributed by atoms with Crippen LogP contribution in [0, 0.1) is 5.92 Å². The Morgan fingerprint density at radius 2 is 1.73 bits per heavy atom. The highest BCUT2D eigenvalue weighted by Gasteiger charge is 2.27. The third-order valence-corrected chi connectivity index (χ3v) is 6.59. The fourth-order valence-electron chi connectivity index (χ4n) is 3.36.